The maximum Gasteiger partial charge on any atom is 0.337 e. The van der Waals surface area contributed by atoms with E-state index in [1.807, 2.05) is 12.1 Å². The molecular formula is C47H32F4N6O4. The summed E-state index contributed by atoms with van der Waals surface area (Å²) in [5.74, 6) is 6.75. The molecule has 0 spiro atoms. The predicted molar refractivity (Wildman–Crippen MR) is 224 cm³/mol. The Hall–Kier alpha value is -8.10. The van der Waals surface area contributed by atoms with Crippen molar-refractivity contribution < 1.29 is 17.6 Å². The molecule has 14 heteroatoms. The number of benzene rings is 4. The molecule has 0 aliphatic carbocycles. The average molecular weight is 821 g/mol. The third kappa shape index (κ3) is 8.03. The first-order valence-corrected chi connectivity index (χ1v) is 18.6. The molecule has 4 aromatic heterocycles. The Morgan fingerprint density at radius 3 is 1.52 bits per heavy atom. The monoisotopic (exact) mass is 820 g/mol. The van der Waals surface area contributed by atoms with E-state index >= 15 is 0 Å². The van der Waals surface area contributed by atoms with Crippen molar-refractivity contribution in [2.24, 2.45) is 7.05 Å². The molecule has 8 rings (SSSR count). The summed E-state index contributed by atoms with van der Waals surface area (Å²) in [6, 6.07) is 26.2. The molecule has 0 N–H and O–H groups in total. The maximum absolute atomic E-state index is 15.0. The minimum absolute atomic E-state index is 0.0520. The van der Waals surface area contributed by atoms with Crippen LogP contribution in [0.25, 0.3) is 33.4 Å². The smallest absolute Gasteiger partial charge is 0.294 e. The van der Waals surface area contributed by atoms with Gasteiger partial charge in [-0.05, 0) is 93.1 Å². The lowest BCUT2D eigenvalue weighted by Crippen LogP contribution is -2.40. The largest absolute Gasteiger partial charge is 0.337 e. The Morgan fingerprint density at radius 1 is 0.557 bits per heavy atom. The highest BCUT2D eigenvalue weighted by atomic mass is 19.1. The molecule has 0 radical (unpaired) electrons. The van der Waals surface area contributed by atoms with E-state index < -0.39 is 57.1 Å². The molecule has 0 unspecified atom stereocenters. The lowest BCUT2D eigenvalue weighted by molar-refractivity contribution is 0.533. The SMILES string of the molecule is CC(C)n1c(=O)n(-c2c(F)cc(C#Cc3ccccc3)cc2F)c(=O)c2cccnc21.Cc1ccnc2c(=O)n(-c3c(F)cc(C#Cc4ccccc4)cc3F)c(=O)n(C)c12. The summed E-state index contributed by atoms with van der Waals surface area (Å²) in [5.41, 5.74) is -2.35. The van der Waals surface area contributed by atoms with Crippen LogP contribution in [0.4, 0.5) is 17.6 Å². The van der Waals surface area contributed by atoms with Crippen LogP contribution >= 0.6 is 0 Å². The van der Waals surface area contributed by atoms with Crippen molar-refractivity contribution in [2.45, 2.75) is 26.8 Å². The van der Waals surface area contributed by atoms with Gasteiger partial charge in [0.2, 0.25) is 0 Å². The van der Waals surface area contributed by atoms with Crippen molar-refractivity contribution in [1.29, 1.82) is 0 Å². The number of aromatic nitrogens is 6. The van der Waals surface area contributed by atoms with E-state index in [4.69, 9.17) is 0 Å². The maximum atomic E-state index is 15.0. The zero-order valence-electron chi connectivity index (χ0n) is 32.9. The molecule has 0 bridgehead atoms. The van der Waals surface area contributed by atoms with Crippen LogP contribution in [0.1, 0.15) is 47.7 Å². The number of hydrogen-bond donors (Lipinski definition) is 0. The van der Waals surface area contributed by atoms with E-state index in [9.17, 15) is 36.7 Å². The van der Waals surface area contributed by atoms with Gasteiger partial charge in [-0.2, -0.15) is 0 Å². The van der Waals surface area contributed by atoms with Gasteiger partial charge in [0.25, 0.3) is 11.1 Å². The first kappa shape index (κ1) is 41.1. The van der Waals surface area contributed by atoms with Gasteiger partial charge >= 0.3 is 11.4 Å². The zero-order valence-corrected chi connectivity index (χ0v) is 32.9. The molecule has 0 saturated carbocycles. The second-order valence-electron chi connectivity index (χ2n) is 13.9. The van der Waals surface area contributed by atoms with E-state index in [-0.39, 0.29) is 33.7 Å². The Bertz CT molecular complexity index is 3360. The quantitative estimate of drug-likeness (QED) is 0.142. The fourth-order valence-electron chi connectivity index (χ4n) is 6.62. The Balaban J connectivity index is 0.000000184. The van der Waals surface area contributed by atoms with Gasteiger partial charge in [0, 0.05) is 47.7 Å². The highest BCUT2D eigenvalue weighted by Gasteiger charge is 2.23. The van der Waals surface area contributed by atoms with Crippen LogP contribution in [0.3, 0.4) is 0 Å². The van der Waals surface area contributed by atoms with Crippen molar-refractivity contribution in [3.8, 4) is 35.1 Å². The first-order chi connectivity index (χ1) is 29.3. The van der Waals surface area contributed by atoms with E-state index in [2.05, 4.69) is 33.6 Å². The normalized spacial score (nSPS) is 10.8. The zero-order chi connectivity index (χ0) is 43.5. The van der Waals surface area contributed by atoms with Crippen LogP contribution in [0.2, 0.25) is 0 Å². The van der Waals surface area contributed by atoms with Gasteiger partial charge in [-0.25, -0.2) is 46.3 Å². The Labute approximate surface area is 344 Å². The summed E-state index contributed by atoms with van der Waals surface area (Å²) < 4.78 is 63.1. The van der Waals surface area contributed by atoms with Gasteiger partial charge < -0.3 is 0 Å². The van der Waals surface area contributed by atoms with Crippen LogP contribution in [0, 0.1) is 53.9 Å². The molecule has 302 valence electrons. The fraction of sp³-hybridized carbons (Fsp3) is 0.106. The first-order valence-electron chi connectivity index (χ1n) is 18.6. The minimum Gasteiger partial charge on any atom is -0.294 e. The topological polar surface area (TPSA) is 114 Å². The van der Waals surface area contributed by atoms with Gasteiger partial charge in [-0.1, -0.05) is 60.1 Å². The molecular weight excluding hydrogens is 789 g/mol. The van der Waals surface area contributed by atoms with E-state index in [0.29, 0.717) is 31.3 Å². The summed E-state index contributed by atoms with van der Waals surface area (Å²) in [5, 5.41) is 0.0857. The standard InChI is InChI=1S/C24H17F2N3O2.C23H15F2N3O2/c1-15(2)28-22-18(9-6-12-27-22)23(30)29(24(28)31)21-19(25)13-17(14-20(21)26)11-10-16-7-4-3-5-8-16;1-14-10-11-26-19-20(14)27(2)23(30)28(22(19)29)21-17(24)12-16(13-18(21)25)9-8-15-6-4-3-5-7-15/h3-9,12-15H,1-2H3;3-7,10-13H,1-2H3. The number of halogens is 4. The van der Waals surface area contributed by atoms with Gasteiger partial charge in [0.1, 0.15) is 17.0 Å². The highest BCUT2D eigenvalue weighted by Crippen LogP contribution is 2.21. The van der Waals surface area contributed by atoms with Crippen LogP contribution in [0.15, 0.2) is 135 Å². The molecule has 4 heterocycles. The lowest BCUT2D eigenvalue weighted by atomic mass is 10.1. The number of hydrogen-bond acceptors (Lipinski definition) is 6. The van der Waals surface area contributed by atoms with Crippen LogP contribution in [-0.2, 0) is 7.05 Å². The highest BCUT2D eigenvalue weighted by molar-refractivity contribution is 5.77. The Morgan fingerprint density at radius 2 is 1.03 bits per heavy atom. The summed E-state index contributed by atoms with van der Waals surface area (Å²) in [7, 11) is 1.42. The van der Waals surface area contributed by atoms with Crippen molar-refractivity contribution in [3.05, 3.63) is 208 Å². The molecule has 0 saturated heterocycles. The second-order valence-corrected chi connectivity index (χ2v) is 13.9. The van der Waals surface area contributed by atoms with Gasteiger partial charge in [0.05, 0.1) is 10.9 Å². The Kier molecular flexibility index (Phi) is 11.5. The molecule has 0 aliphatic heterocycles. The molecule has 61 heavy (non-hydrogen) atoms. The number of fused-ring (bicyclic) bond motifs is 2. The van der Waals surface area contributed by atoms with Crippen molar-refractivity contribution >= 4 is 22.1 Å². The van der Waals surface area contributed by atoms with Gasteiger partial charge in [0.15, 0.2) is 28.8 Å². The summed E-state index contributed by atoms with van der Waals surface area (Å²) in [4.78, 5) is 59.8. The summed E-state index contributed by atoms with van der Waals surface area (Å²) >= 11 is 0. The van der Waals surface area contributed by atoms with Crippen LogP contribution in [0.5, 0.6) is 0 Å². The van der Waals surface area contributed by atoms with Crippen molar-refractivity contribution in [2.75, 3.05) is 0 Å². The van der Waals surface area contributed by atoms with Gasteiger partial charge in [-0.3, -0.25) is 18.7 Å². The third-order valence-corrected chi connectivity index (χ3v) is 9.44. The van der Waals surface area contributed by atoms with Gasteiger partial charge in [-0.15, -0.1) is 0 Å². The average Bonchev–Trinajstić information content (AvgIpc) is 3.24. The molecule has 8 aromatic rings. The van der Waals surface area contributed by atoms with Crippen LogP contribution in [-0.4, -0.2) is 28.2 Å². The number of aryl methyl sites for hydroxylation is 2. The predicted octanol–water partition coefficient (Wildman–Crippen LogP) is 6.88. The van der Waals surface area contributed by atoms with Crippen LogP contribution < -0.4 is 22.5 Å². The minimum atomic E-state index is -1.07. The van der Waals surface area contributed by atoms with E-state index in [1.54, 1.807) is 75.4 Å². The summed E-state index contributed by atoms with van der Waals surface area (Å²) in [6.07, 6.45) is 2.86. The molecule has 0 fully saturated rings. The fourth-order valence-corrected chi connectivity index (χ4v) is 6.62. The molecule has 0 atom stereocenters. The summed E-state index contributed by atoms with van der Waals surface area (Å²) in [6.45, 7) is 5.16. The lowest BCUT2D eigenvalue weighted by Gasteiger charge is -2.16. The molecule has 0 amide bonds. The van der Waals surface area contributed by atoms with E-state index in [0.717, 1.165) is 28.8 Å². The number of pyridine rings is 2. The molecule has 0 aliphatic rings. The number of nitrogens with zero attached hydrogens (tertiary/aromatic N) is 6. The second kappa shape index (κ2) is 17.0. The van der Waals surface area contributed by atoms with Crippen molar-refractivity contribution in [1.82, 2.24) is 28.2 Å². The third-order valence-electron chi connectivity index (χ3n) is 9.44. The molecule has 4 aromatic carbocycles. The van der Waals surface area contributed by atoms with Crippen molar-refractivity contribution in [3.63, 3.8) is 0 Å². The molecule has 10 nitrogen and oxygen atoms in total. The van der Waals surface area contributed by atoms with E-state index in [1.165, 1.54) is 36.1 Å². The number of rotatable bonds is 3.